The molecule has 6 rings (SSSR count). The molecule has 226 valence electrons. The number of H-pyrrole nitrogens is 1. The standard InChI is InChI=1S/C32H32N6O5S/c1-20-31(21(2)43-35-20)44(41,42)36-25-6-4-5-22(17-25)30(39)23-7-12-27-28(32(40)34-29(27)18-23)19-33-24-8-10-26(11-9-24)38-15-13-37(3)14-16-38/h4-12,17-19,34,36,40H,13-16H2,1-3H3. The summed E-state index contributed by atoms with van der Waals surface area (Å²) >= 11 is 0. The van der Waals surface area contributed by atoms with Gasteiger partial charge in [-0.2, -0.15) is 0 Å². The number of benzene rings is 3. The van der Waals surface area contributed by atoms with Crippen molar-refractivity contribution in [1.82, 2.24) is 15.0 Å². The fourth-order valence-electron chi connectivity index (χ4n) is 5.39. The number of rotatable bonds is 8. The lowest BCUT2D eigenvalue weighted by Gasteiger charge is -2.34. The topological polar surface area (TPSA) is 144 Å². The molecule has 1 aliphatic heterocycles. The highest BCUT2D eigenvalue weighted by Gasteiger charge is 2.25. The number of aryl methyl sites for hydroxylation is 2. The molecule has 1 fully saturated rings. The van der Waals surface area contributed by atoms with Crippen LogP contribution in [0.15, 0.2) is 81.1 Å². The van der Waals surface area contributed by atoms with E-state index in [-0.39, 0.29) is 33.7 Å². The second-order valence-corrected chi connectivity index (χ2v) is 12.5. The average Bonchev–Trinajstić information content (AvgIpc) is 3.52. The summed E-state index contributed by atoms with van der Waals surface area (Å²) in [5.41, 5.74) is 4.13. The van der Waals surface area contributed by atoms with Gasteiger partial charge in [-0.15, -0.1) is 0 Å². The molecule has 0 unspecified atom stereocenters. The van der Waals surface area contributed by atoms with Gasteiger partial charge in [0.25, 0.3) is 10.0 Å². The lowest BCUT2D eigenvalue weighted by Crippen LogP contribution is -2.44. The number of piperazine rings is 1. The zero-order chi connectivity index (χ0) is 31.0. The highest BCUT2D eigenvalue weighted by molar-refractivity contribution is 7.92. The van der Waals surface area contributed by atoms with Gasteiger partial charge in [-0.25, -0.2) is 8.42 Å². The molecule has 1 saturated heterocycles. The Balaban J connectivity index is 1.19. The number of nitrogens with one attached hydrogen (secondary N) is 2. The number of aromatic nitrogens is 2. The lowest BCUT2D eigenvalue weighted by atomic mass is 10.0. The minimum absolute atomic E-state index is 0.0340. The second-order valence-electron chi connectivity index (χ2n) is 10.9. The van der Waals surface area contributed by atoms with Gasteiger partial charge in [0.1, 0.15) is 5.69 Å². The van der Waals surface area contributed by atoms with E-state index < -0.39 is 10.0 Å². The van der Waals surface area contributed by atoms with Crippen molar-refractivity contribution in [2.24, 2.45) is 4.99 Å². The van der Waals surface area contributed by atoms with Crippen LogP contribution in [0, 0.1) is 13.8 Å². The minimum Gasteiger partial charge on any atom is -0.494 e. The number of aromatic amines is 1. The van der Waals surface area contributed by atoms with Crippen molar-refractivity contribution in [3.63, 3.8) is 0 Å². The van der Waals surface area contributed by atoms with Crippen LogP contribution in [0.2, 0.25) is 0 Å². The molecule has 3 N–H and O–H groups in total. The third-order valence-electron chi connectivity index (χ3n) is 7.75. The molecular weight excluding hydrogens is 580 g/mol. The summed E-state index contributed by atoms with van der Waals surface area (Å²) in [5, 5.41) is 15.1. The zero-order valence-electron chi connectivity index (χ0n) is 24.5. The van der Waals surface area contributed by atoms with Crippen LogP contribution in [-0.2, 0) is 10.0 Å². The molecule has 11 nitrogen and oxygen atoms in total. The summed E-state index contributed by atoms with van der Waals surface area (Å²) in [6.45, 7) is 7.10. The van der Waals surface area contributed by atoms with Crippen molar-refractivity contribution < 1.29 is 22.8 Å². The lowest BCUT2D eigenvalue weighted by molar-refractivity contribution is 0.103. The minimum atomic E-state index is -3.97. The van der Waals surface area contributed by atoms with Crippen molar-refractivity contribution in [2.45, 2.75) is 18.7 Å². The number of hydrogen-bond acceptors (Lipinski definition) is 9. The Morgan fingerprint density at radius 3 is 2.45 bits per heavy atom. The van der Waals surface area contributed by atoms with Gasteiger partial charge >= 0.3 is 0 Å². The van der Waals surface area contributed by atoms with Gasteiger partial charge in [0.2, 0.25) is 0 Å². The molecule has 3 aromatic carbocycles. The van der Waals surface area contributed by atoms with Gasteiger partial charge < -0.3 is 24.4 Å². The Labute approximate surface area is 254 Å². The van der Waals surface area contributed by atoms with E-state index in [2.05, 4.69) is 48.8 Å². The van der Waals surface area contributed by atoms with Gasteiger partial charge in [0.15, 0.2) is 22.3 Å². The molecule has 2 aromatic heterocycles. The molecule has 44 heavy (non-hydrogen) atoms. The van der Waals surface area contributed by atoms with Crippen LogP contribution >= 0.6 is 0 Å². The highest BCUT2D eigenvalue weighted by atomic mass is 32.2. The van der Waals surface area contributed by atoms with Crippen LogP contribution in [0.3, 0.4) is 0 Å². The molecule has 12 heteroatoms. The van der Waals surface area contributed by atoms with E-state index in [4.69, 9.17) is 4.52 Å². The van der Waals surface area contributed by atoms with E-state index in [1.165, 1.54) is 13.0 Å². The van der Waals surface area contributed by atoms with E-state index >= 15 is 0 Å². The highest BCUT2D eigenvalue weighted by Crippen LogP contribution is 2.29. The Morgan fingerprint density at radius 1 is 1.02 bits per heavy atom. The summed E-state index contributed by atoms with van der Waals surface area (Å²) in [4.78, 5) is 25.5. The Morgan fingerprint density at radius 2 is 1.75 bits per heavy atom. The molecule has 0 atom stereocenters. The smallest absolute Gasteiger partial charge is 0.267 e. The molecule has 0 radical (unpaired) electrons. The summed E-state index contributed by atoms with van der Waals surface area (Å²) in [6.07, 6.45) is 1.61. The number of aromatic hydroxyl groups is 1. The first kappa shape index (κ1) is 29.1. The van der Waals surface area contributed by atoms with E-state index in [9.17, 15) is 18.3 Å². The van der Waals surface area contributed by atoms with Gasteiger partial charge in [-0.3, -0.25) is 14.5 Å². The molecular formula is C32H32N6O5S. The predicted octanol–water partition coefficient (Wildman–Crippen LogP) is 5.01. The third-order valence-corrected chi connectivity index (χ3v) is 9.38. The van der Waals surface area contributed by atoms with Crippen LogP contribution < -0.4 is 9.62 Å². The number of sulfonamides is 1. The van der Waals surface area contributed by atoms with Crippen molar-refractivity contribution in [3.05, 3.63) is 94.9 Å². The molecule has 3 heterocycles. The van der Waals surface area contributed by atoms with Gasteiger partial charge in [0.05, 0.1) is 11.3 Å². The van der Waals surface area contributed by atoms with Crippen LogP contribution in [0.25, 0.3) is 10.9 Å². The maximum Gasteiger partial charge on any atom is 0.267 e. The molecule has 5 aromatic rings. The first-order valence-electron chi connectivity index (χ1n) is 14.1. The maximum atomic E-state index is 13.4. The van der Waals surface area contributed by atoms with Crippen molar-refractivity contribution >= 4 is 50.0 Å². The Kier molecular flexibility index (Phi) is 7.70. The van der Waals surface area contributed by atoms with Crippen molar-refractivity contribution in [3.8, 4) is 5.88 Å². The number of aliphatic imine (C=N–C) groups is 1. The second kappa shape index (κ2) is 11.6. The van der Waals surface area contributed by atoms with Crippen LogP contribution in [0.5, 0.6) is 5.88 Å². The van der Waals surface area contributed by atoms with E-state index in [0.717, 1.165) is 37.6 Å². The van der Waals surface area contributed by atoms with Gasteiger partial charge in [0, 0.05) is 65.8 Å². The molecule has 0 aliphatic carbocycles. The Hall–Kier alpha value is -4.94. The van der Waals surface area contributed by atoms with E-state index in [1.807, 2.05) is 12.1 Å². The maximum absolute atomic E-state index is 13.4. The predicted molar refractivity (Wildman–Crippen MR) is 170 cm³/mol. The summed E-state index contributed by atoms with van der Waals surface area (Å²) < 4.78 is 33.4. The Bertz CT molecular complexity index is 1970. The average molecular weight is 613 g/mol. The van der Waals surface area contributed by atoms with Crippen molar-refractivity contribution in [1.29, 1.82) is 0 Å². The first-order valence-corrected chi connectivity index (χ1v) is 15.6. The number of anilines is 2. The van der Waals surface area contributed by atoms with Crippen molar-refractivity contribution in [2.75, 3.05) is 42.8 Å². The SMILES string of the molecule is Cc1noc(C)c1S(=O)(=O)Nc1cccc(C(=O)c2ccc3c(C=Nc4ccc(N5CCN(C)CC5)cc4)c(O)[nH]c3c2)c1. The normalized spacial score (nSPS) is 14.5. The number of fused-ring (bicyclic) bond motifs is 1. The van der Waals surface area contributed by atoms with E-state index in [1.54, 1.807) is 49.5 Å². The number of likely N-dealkylation sites (N-methyl/N-ethyl adjacent to an activating group) is 1. The third kappa shape index (κ3) is 5.81. The molecule has 0 saturated carbocycles. The van der Waals surface area contributed by atoms with Crippen LogP contribution in [-0.4, -0.2) is 73.8 Å². The van der Waals surface area contributed by atoms with E-state index in [0.29, 0.717) is 27.6 Å². The number of carbonyl (C=O) groups excluding carboxylic acids is 1. The van der Waals surface area contributed by atoms with Crippen LogP contribution in [0.1, 0.15) is 32.9 Å². The summed E-state index contributed by atoms with van der Waals surface area (Å²) in [7, 11) is -1.84. The van der Waals surface area contributed by atoms with Gasteiger partial charge in [-0.05, 0) is 63.4 Å². The number of nitrogens with zero attached hydrogens (tertiary/aromatic N) is 4. The molecule has 1 aliphatic rings. The molecule has 0 bridgehead atoms. The first-order chi connectivity index (χ1) is 21.1. The van der Waals surface area contributed by atoms with Gasteiger partial charge in [-0.1, -0.05) is 29.4 Å². The fraction of sp³-hybridized carbons (Fsp3) is 0.219. The summed E-state index contributed by atoms with van der Waals surface area (Å²) in [5.74, 6) is -0.193. The fourth-order valence-corrected chi connectivity index (χ4v) is 6.77. The number of carbonyl (C=O) groups is 1. The molecule has 0 amide bonds. The summed E-state index contributed by atoms with van der Waals surface area (Å²) in [6, 6.07) is 19.3. The largest absolute Gasteiger partial charge is 0.494 e. The zero-order valence-corrected chi connectivity index (χ0v) is 25.4. The monoisotopic (exact) mass is 612 g/mol. The number of ketones is 1. The number of hydrogen-bond donors (Lipinski definition) is 3. The van der Waals surface area contributed by atoms with Crippen LogP contribution in [0.4, 0.5) is 17.1 Å². The quantitative estimate of drug-likeness (QED) is 0.164. The molecule has 0 spiro atoms.